The number of rotatable bonds is 7. The van der Waals surface area contributed by atoms with Gasteiger partial charge >= 0.3 is 5.76 Å². The van der Waals surface area contributed by atoms with Gasteiger partial charge in [-0.15, -0.1) is 0 Å². The molecule has 24 heavy (non-hydrogen) atoms. The third-order valence-corrected chi connectivity index (χ3v) is 4.44. The van der Waals surface area contributed by atoms with Gasteiger partial charge < -0.3 is 9.64 Å². The molecule has 3 rings (SSSR count). The van der Waals surface area contributed by atoms with Crippen molar-refractivity contribution in [3.8, 4) is 17.3 Å². The minimum Gasteiger partial charge on any atom is -0.492 e. The van der Waals surface area contributed by atoms with Gasteiger partial charge in [0.05, 0.1) is 12.8 Å². The number of nitrogens with one attached hydrogen (secondary N) is 1. The van der Waals surface area contributed by atoms with Crippen LogP contribution in [0.5, 0.6) is 5.75 Å². The van der Waals surface area contributed by atoms with E-state index < -0.39 is 5.76 Å². The van der Waals surface area contributed by atoms with Crippen LogP contribution in [-0.4, -0.2) is 46.3 Å². The fraction of sp³-hybridized carbons (Fsp3) is 0.588. The van der Waals surface area contributed by atoms with Gasteiger partial charge in [0, 0.05) is 0 Å². The van der Waals surface area contributed by atoms with E-state index in [-0.39, 0.29) is 0 Å². The van der Waals surface area contributed by atoms with Crippen molar-refractivity contribution in [2.24, 2.45) is 5.92 Å². The minimum absolute atomic E-state index is 0.325. The lowest BCUT2D eigenvalue weighted by molar-refractivity contribution is 0.140. The van der Waals surface area contributed by atoms with Gasteiger partial charge in [-0.05, 0) is 56.9 Å². The Labute approximate surface area is 141 Å². The summed E-state index contributed by atoms with van der Waals surface area (Å²) in [5.41, 5.74) is 0.553. The Bertz CT molecular complexity index is 672. The standard InChI is InChI=1S/C17H24N4O3/c1-2-3-8-21-9-6-13(7-10-21)12-23-14-4-5-15(18-11-14)16-19-17(22)24-20-16/h4-5,11,13H,2-3,6-10,12H2,1H3,(H,19,20,22). The molecular formula is C17H24N4O3. The molecule has 0 bridgehead atoms. The van der Waals surface area contributed by atoms with Crippen molar-refractivity contribution in [2.45, 2.75) is 32.6 Å². The molecule has 0 radical (unpaired) electrons. The Morgan fingerprint density at radius 3 is 2.83 bits per heavy atom. The fourth-order valence-corrected chi connectivity index (χ4v) is 2.92. The quantitative estimate of drug-likeness (QED) is 0.837. The number of piperidine rings is 1. The second-order valence-corrected chi connectivity index (χ2v) is 6.27. The minimum atomic E-state index is -0.586. The van der Waals surface area contributed by atoms with Crippen molar-refractivity contribution in [1.29, 1.82) is 0 Å². The number of aromatic nitrogens is 3. The monoisotopic (exact) mass is 332 g/mol. The van der Waals surface area contributed by atoms with Crippen molar-refractivity contribution >= 4 is 0 Å². The van der Waals surface area contributed by atoms with Gasteiger partial charge in [-0.25, -0.2) is 9.78 Å². The third-order valence-electron chi connectivity index (χ3n) is 4.44. The van der Waals surface area contributed by atoms with Crippen LogP contribution in [0.4, 0.5) is 0 Å². The molecular weight excluding hydrogens is 308 g/mol. The summed E-state index contributed by atoms with van der Waals surface area (Å²) < 4.78 is 10.3. The lowest BCUT2D eigenvalue weighted by atomic mass is 9.97. The predicted octanol–water partition coefficient (Wildman–Crippen LogP) is 2.32. The van der Waals surface area contributed by atoms with Crippen LogP contribution in [0.25, 0.3) is 11.5 Å². The van der Waals surface area contributed by atoms with E-state index in [1.807, 2.05) is 6.07 Å². The number of hydrogen-bond acceptors (Lipinski definition) is 6. The normalized spacial score (nSPS) is 16.4. The molecule has 0 amide bonds. The molecule has 0 saturated carbocycles. The van der Waals surface area contributed by atoms with Crippen LogP contribution in [0.1, 0.15) is 32.6 Å². The molecule has 7 nitrogen and oxygen atoms in total. The number of H-pyrrole nitrogens is 1. The average Bonchev–Trinajstić information content (AvgIpc) is 3.06. The molecule has 3 heterocycles. The largest absolute Gasteiger partial charge is 0.492 e. The molecule has 0 atom stereocenters. The lowest BCUT2D eigenvalue weighted by Crippen LogP contribution is -2.36. The van der Waals surface area contributed by atoms with Crippen molar-refractivity contribution in [3.63, 3.8) is 0 Å². The third kappa shape index (κ3) is 4.44. The summed E-state index contributed by atoms with van der Waals surface area (Å²) >= 11 is 0. The summed E-state index contributed by atoms with van der Waals surface area (Å²) in [7, 11) is 0. The van der Waals surface area contributed by atoms with E-state index >= 15 is 0 Å². The highest BCUT2D eigenvalue weighted by molar-refractivity contribution is 5.48. The van der Waals surface area contributed by atoms with Crippen LogP contribution in [0.3, 0.4) is 0 Å². The van der Waals surface area contributed by atoms with Crippen LogP contribution in [0, 0.1) is 5.92 Å². The molecule has 1 fully saturated rings. The van der Waals surface area contributed by atoms with E-state index in [1.54, 1.807) is 12.3 Å². The van der Waals surface area contributed by atoms with E-state index in [2.05, 4.69) is 31.5 Å². The van der Waals surface area contributed by atoms with Gasteiger partial charge in [0.25, 0.3) is 0 Å². The molecule has 0 unspecified atom stereocenters. The van der Waals surface area contributed by atoms with Crippen molar-refractivity contribution in [2.75, 3.05) is 26.2 Å². The Morgan fingerprint density at radius 2 is 2.21 bits per heavy atom. The number of likely N-dealkylation sites (tertiary alicyclic amines) is 1. The van der Waals surface area contributed by atoms with Crippen molar-refractivity contribution in [3.05, 3.63) is 28.9 Å². The molecule has 1 aliphatic rings. The lowest BCUT2D eigenvalue weighted by Gasteiger charge is -2.31. The molecule has 1 N–H and O–H groups in total. The molecule has 7 heteroatoms. The predicted molar refractivity (Wildman–Crippen MR) is 89.9 cm³/mol. The first-order valence-electron chi connectivity index (χ1n) is 8.62. The number of aromatic amines is 1. The van der Waals surface area contributed by atoms with E-state index in [0.717, 1.165) is 12.4 Å². The van der Waals surface area contributed by atoms with Crippen LogP contribution in [-0.2, 0) is 0 Å². The Kier molecular flexibility index (Phi) is 5.63. The van der Waals surface area contributed by atoms with Crippen LogP contribution in [0.15, 0.2) is 27.6 Å². The summed E-state index contributed by atoms with van der Waals surface area (Å²) in [6.45, 7) is 6.53. The maximum absolute atomic E-state index is 10.9. The topological polar surface area (TPSA) is 84.2 Å². The maximum Gasteiger partial charge on any atom is 0.439 e. The van der Waals surface area contributed by atoms with Gasteiger partial charge in [0.15, 0.2) is 0 Å². The Balaban J connectivity index is 1.45. The first-order chi connectivity index (χ1) is 11.7. The van der Waals surface area contributed by atoms with Gasteiger partial charge in [-0.1, -0.05) is 18.5 Å². The summed E-state index contributed by atoms with van der Waals surface area (Å²) in [4.78, 5) is 20.2. The van der Waals surface area contributed by atoms with E-state index in [0.29, 0.717) is 17.4 Å². The Morgan fingerprint density at radius 1 is 1.38 bits per heavy atom. The molecule has 0 aromatic carbocycles. The number of unbranched alkanes of at least 4 members (excludes halogenated alkanes) is 1. The number of nitrogens with zero attached hydrogens (tertiary/aromatic N) is 3. The maximum atomic E-state index is 10.9. The van der Waals surface area contributed by atoms with Crippen LogP contribution < -0.4 is 10.5 Å². The fourth-order valence-electron chi connectivity index (χ4n) is 2.92. The summed E-state index contributed by atoms with van der Waals surface area (Å²) in [6, 6.07) is 3.60. The molecule has 0 aliphatic carbocycles. The van der Waals surface area contributed by atoms with Crippen LogP contribution in [0.2, 0.25) is 0 Å². The molecule has 130 valence electrons. The van der Waals surface area contributed by atoms with E-state index in [1.165, 1.54) is 45.3 Å². The van der Waals surface area contributed by atoms with Gasteiger partial charge in [-0.3, -0.25) is 9.51 Å². The van der Waals surface area contributed by atoms with Gasteiger partial charge in [0.1, 0.15) is 11.4 Å². The SMILES string of the molecule is CCCCN1CCC(COc2ccc(-c3noc(=O)[nH]3)nc2)CC1. The van der Waals surface area contributed by atoms with E-state index in [9.17, 15) is 4.79 Å². The molecule has 1 aliphatic heterocycles. The van der Waals surface area contributed by atoms with Crippen molar-refractivity contribution < 1.29 is 9.26 Å². The summed E-state index contributed by atoms with van der Waals surface area (Å²) in [5.74, 6) is 1.08. The first kappa shape index (κ1) is 16.7. The van der Waals surface area contributed by atoms with E-state index in [4.69, 9.17) is 4.74 Å². The highest BCUT2D eigenvalue weighted by Gasteiger charge is 2.19. The van der Waals surface area contributed by atoms with Crippen molar-refractivity contribution in [1.82, 2.24) is 20.0 Å². The van der Waals surface area contributed by atoms with Crippen LogP contribution >= 0.6 is 0 Å². The first-order valence-corrected chi connectivity index (χ1v) is 8.62. The number of ether oxygens (including phenoxy) is 1. The average molecular weight is 332 g/mol. The summed E-state index contributed by atoms with van der Waals surface area (Å²) in [5, 5.41) is 3.61. The van der Waals surface area contributed by atoms with Gasteiger partial charge in [0.2, 0.25) is 5.82 Å². The zero-order chi connectivity index (χ0) is 16.8. The molecule has 1 saturated heterocycles. The number of hydrogen-bond donors (Lipinski definition) is 1. The second-order valence-electron chi connectivity index (χ2n) is 6.27. The second kappa shape index (κ2) is 8.10. The zero-order valence-corrected chi connectivity index (χ0v) is 14.0. The highest BCUT2D eigenvalue weighted by Crippen LogP contribution is 2.20. The zero-order valence-electron chi connectivity index (χ0n) is 14.0. The smallest absolute Gasteiger partial charge is 0.439 e. The molecule has 2 aromatic heterocycles. The summed E-state index contributed by atoms with van der Waals surface area (Å²) in [6.07, 6.45) is 6.58. The molecule has 2 aromatic rings. The Hall–Kier alpha value is -2.15. The molecule has 0 spiro atoms. The number of pyridine rings is 1. The van der Waals surface area contributed by atoms with Gasteiger partial charge in [-0.2, -0.15) is 0 Å². The highest BCUT2D eigenvalue weighted by atomic mass is 16.5.